The molecule has 0 aliphatic rings. The van der Waals surface area contributed by atoms with Crippen LogP contribution in [0.5, 0.6) is 0 Å². The molecule has 0 fully saturated rings. The SMILES string of the molecule is COC(=O)C(Cc1ccccc1)ON. The van der Waals surface area contributed by atoms with Crippen LogP contribution in [-0.2, 0) is 20.8 Å². The number of benzene rings is 1. The van der Waals surface area contributed by atoms with Gasteiger partial charge in [-0.2, -0.15) is 0 Å². The summed E-state index contributed by atoms with van der Waals surface area (Å²) < 4.78 is 4.53. The predicted octanol–water partition coefficient (Wildman–Crippen LogP) is 0.661. The molecule has 1 rings (SSSR count). The van der Waals surface area contributed by atoms with Gasteiger partial charge in [0.15, 0.2) is 6.10 Å². The number of nitrogens with two attached hydrogens (primary N) is 1. The van der Waals surface area contributed by atoms with Crippen molar-refractivity contribution >= 4 is 5.97 Å². The van der Waals surface area contributed by atoms with E-state index in [0.717, 1.165) is 5.56 Å². The maximum Gasteiger partial charge on any atom is 0.337 e. The second-order valence-electron chi connectivity index (χ2n) is 2.84. The Morgan fingerprint density at radius 3 is 2.57 bits per heavy atom. The van der Waals surface area contributed by atoms with Crippen LogP contribution in [0.2, 0.25) is 0 Å². The molecule has 0 aliphatic carbocycles. The van der Waals surface area contributed by atoms with E-state index in [0.29, 0.717) is 6.42 Å². The molecule has 0 saturated heterocycles. The Morgan fingerprint density at radius 2 is 2.07 bits per heavy atom. The first-order valence-corrected chi connectivity index (χ1v) is 4.25. The Labute approximate surface area is 82.6 Å². The lowest BCUT2D eigenvalue weighted by molar-refractivity contribution is -0.154. The Kier molecular flexibility index (Phi) is 4.10. The standard InChI is InChI=1S/C10H13NO3/c1-13-10(12)9(14-11)7-8-5-3-2-4-6-8/h2-6,9H,7,11H2,1H3. The van der Waals surface area contributed by atoms with Gasteiger partial charge in [-0.3, -0.25) is 4.84 Å². The van der Waals surface area contributed by atoms with Crippen molar-refractivity contribution in [1.29, 1.82) is 0 Å². The van der Waals surface area contributed by atoms with Crippen LogP contribution in [0.15, 0.2) is 30.3 Å². The highest BCUT2D eigenvalue weighted by Crippen LogP contribution is 2.05. The molecule has 0 saturated carbocycles. The third kappa shape index (κ3) is 2.83. The summed E-state index contributed by atoms with van der Waals surface area (Å²) in [5.41, 5.74) is 0.980. The van der Waals surface area contributed by atoms with Gasteiger partial charge in [0.2, 0.25) is 0 Å². The molecule has 76 valence electrons. The van der Waals surface area contributed by atoms with Gasteiger partial charge < -0.3 is 4.74 Å². The van der Waals surface area contributed by atoms with Gasteiger partial charge in [-0.1, -0.05) is 30.3 Å². The van der Waals surface area contributed by atoms with E-state index in [-0.39, 0.29) is 0 Å². The summed E-state index contributed by atoms with van der Waals surface area (Å²) in [5.74, 6) is 4.53. The lowest BCUT2D eigenvalue weighted by atomic mass is 10.1. The predicted molar refractivity (Wildman–Crippen MR) is 51.2 cm³/mol. The molecule has 1 aromatic carbocycles. The van der Waals surface area contributed by atoms with Crippen LogP contribution in [-0.4, -0.2) is 19.2 Å². The van der Waals surface area contributed by atoms with Gasteiger partial charge in [-0.25, -0.2) is 10.7 Å². The minimum absolute atomic E-state index is 0.421. The van der Waals surface area contributed by atoms with Gasteiger partial charge in [0.05, 0.1) is 7.11 Å². The van der Waals surface area contributed by atoms with Crippen LogP contribution in [0.3, 0.4) is 0 Å². The number of methoxy groups -OCH3 is 1. The summed E-state index contributed by atoms with van der Waals surface area (Å²) in [5, 5.41) is 0. The number of esters is 1. The van der Waals surface area contributed by atoms with Gasteiger partial charge in [0.25, 0.3) is 0 Å². The molecule has 4 nitrogen and oxygen atoms in total. The van der Waals surface area contributed by atoms with Crippen LogP contribution in [0.4, 0.5) is 0 Å². The monoisotopic (exact) mass is 195 g/mol. The molecule has 1 atom stereocenters. The minimum atomic E-state index is -0.734. The zero-order valence-electron chi connectivity index (χ0n) is 7.97. The van der Waals surface area contributed by atoms with Crippen molar-refractivity contribution in [3.63, 3.8) is 0 Å². The molecular weight excluding hydrogens is 182 g/mol. The van der Waals surface area contributed by atoms with E-state index >= 15 is 0 Å². The molecule has 0 bridgehead atoms. The van der Waals surface area contributed by atoms with Crippen LogP contribution in [0, 0.1) is 0 Å². The molecule has 0 spiro atoms. The smallest absolute Gasteiger partial charge is 0.337 e. The van der Waals surface area contributed by atoms with Crippen molar-refractivity contribution in [3.8, 4) is 0 Å². The number of hydrogen-bond acceptors (Lipinski definition) is 4. The lowest BCUT2D eigenvalue weighted by Gasteiger charge is -2.11. The molecular formula is C10H13NO3. The fraction of sp³-hybridized carbons (Fsp3) is 0.300. The second-order valence-corrected chi connectivity index (χ2v) is 2.84. The van der Waals surface area contributed by atoms with Crippen molar-refractivity contribution in [1.82, 2.24) is 0 Å². The van der Waals surface area contributed by atoms with Gasteiger partial charge in [0, 0.05) is 6.42 Å². The topological polar surface area (TPSA) is 61.5 Å². The van der Waals surface area contributed by atoms with E-state index in [9.17, 15) is 4.79 Å². The molecule has 14 heavy (non-hydrogen) atoms. The average Bonchev–Trinajstić information content (AvgIpc) is 2.26. The molecule has 1 unspecified atom stereocenters. The molecule has 0 heterocycles. The first-order valence-electron chi connectivity index (χ1n) is 4.25. The summed E-state index contributed by atoms with van der Waals surface area (Å²) in [6.45, 7) is 0. The molecule has 0 aliphatic heterocycles. The minimum Gasteiger partial charge on any atom is -0.467 e. The number of carbonyl (C=O) groups is 1. The lowest BCUT2D eigenvalue weighted by Crippen LogP contribution is -2.30. The van der Waals surface area contributed by atoms with Crippen LogP contribution in [0.1, 0.15) is 5.56 Å². The fourth-order valence-electron chi connectivity index (χ4n) is 1.15. The third-order valence-electron chi connectivity index (χ3n) is 1.89. The molecule has 1 aromatic rings. The summed E-state index contributed by atoms with van der Waals surface area (Å²) in [6, 6.07) is 9.48. The maximum absolute atomic E-state index is 11.1. The van der Waals surface area contributed by atoms with Crippen LogP contribution >= 0.6 is 0 Å². The number of hydrogen-bond donors (Lipinski definition) is 1. The zero-order valence-corrected chi connectivity index (χ0v) is 7.97. The molecule has 0 amide bonds. The highest BCUT2D eigenvalue weighted by Gasteiger charge is 2.19. The summed E-state index contributed by atoms with van der Waals surface area (Å²) in [4.78, 5) is 15.7. The number of carbonyl (C=O) groups excluding carboxylic acids is 1. The van der Waals surface area contributed by atoms with Gasteiger partial charge in [0.1, 0.15) is 0 Å². The van der Waals surface area contributed by atoms with Crippen molar-refractivity contribution in [2.24, 2.45) is 5.90 Å². The van der Waals surface area contributed by atoms with Gasteiger partial charge in [-0.05, 0) is 5.56 Å². The van der Waals surface area contributed by atoms with E-state index in [1.54, 1.807) is 0 Å². The van der Waals surface area contributed by atoms with Crippen molar-refractivity contribution < 1.29 is 14.4 Å². The Bertz CT molecular complexity index is 287. The molecule has 2 N–H and O–H groups in total. The first-order chi connectivity index (χ1) is 6.77. The quantitative estimate of drug-likeness (QED) is 0.566. The first kappa shape index (κ1) is 10.7. The summed E-state index contributed by atoms with van der Waals surface area (Å²) >= 11 is 0. The van der Waals surface area contributed by atoms with E-state index in [1.165, 1.54) is 7.11 Å². The second kappa shape index (κ2) is 5.36. The highest BCUT2D eigenvalue weighted by atomic mass is 16.6. The third-order valence-corrected chi connectivity index (χ3v) is 1.89. The Morgan fingerprint density at radius 1 is 1.43 bits per heavy atom. The van der Waals surface area contributed by atoms with E-state index in [4.69, 9.17) is 5.90 Å². The van der Waals surface area contributed by atoms with Crippen molar-refractivity contribution in [3.05, 3.63) is 35.9 Å². The van der Waals surface area contributed by atoms with Crippen molar-refractivity contribution in [2.75, 3.05) is 7.11 Å². The van der Waals surface area contributed by atoms with Crippen LogP contribution in [0.25, 0.3) is 0 Å². The largest absolute Gasteiger partial charge is 0.467 e. The number of ether oxygens (including phenoxy) is 1. The molecule has 0 radical (unpaired) electrons. The molecule has 4 heteroatoms. The maximum atomic E-state index is 11.1. The Hall–Kier alpha value is -1.39. The van der Waals surface area contributed by atoms with Crippen molar-refractivity contribution in [2.45, 2.75) is 12.5 Å². The molecule has 0 aromatic heterocycles. The number of rotatable bonds is 4. The summed E-state index contributed by atoms with van der Waals surface area (Å²) in [7, 11) is 1.30. The zero-order chi connectivity index (χ0) is 10.4. The highest BCUT2D eigenvalue weighted by molar-refractivity contribution is 5.74. The average molecular weight is 195 g/mol. The Balaban J connectivity index is 2.62. The van der Waals surface area contributed by atoms with Gasteiger partial charge >= 0.3 is 5.97 Å². The van der Waals surface area contributed by atoms with Crippen LogP contribution < -0.4 is 5.90 Å². The van der Waals surface area contributed by atoms with E-state index in [1.807, 2.05) is 30.3 Å². The van der Waals surface area contributed by atoms with E-state index < -0.39 is 12.1 Å². The fourth-order valence-corrected chi connectivity index (χ4v) is 1.15. The summed E-state index contributed by atoms with van der Waals surface area (Å²) in [6.07, 6.45) is -0.313. The van der Waals surface area contributed by atoms with E-state index in [2.05, 4.69) is 9.57 Å². The normalized spacial score (nSPS) is 12.1. The van der Waals surface area contributed by atoms with Gasteiger partial charge in [-0.15, -0.1) is 0 Å².